The van der Waals surface area contributed by atoms with Gasteiger partial charge in [-0.2, -0.15) is 0 Å². The number of amides is 2. The van der Waals surface area contributed by atoms with Gasteiger partial charge in [-0.1, -0.05) is 42.5 Å². The first-order valence-corrected chi connectivity index (χ1v) is 9.85. The Kier molecular flexibility index (Phi) is 3.17. The molecule has 2 saturated carbocycles. The number of allylic oxidation sites excluding steroid dienone is 2. The third-order valence-electron chi connectivity index (χ3n) is 6.99. The molecule has 5 nitrogen and oxygen atoms in total. The van der Waals surface area contributed by atoms with E-state index in [0.717, 1.165) is 22.1 Å². The summed E-state index contributed by atoms with van der Waals surface area (Å²) in [7, 11) is 0. The monoisotopic (exact) mass is 373 g/mol. The maximum absolute atomic E-state index is 12.9. The number of likely N-dealkylation sites (tertiary alicyclic amines) is 1. The van der Waals surface area contributed by atoms with Crippen molar-refractivity contribution < 1.29 is 19.1 Å². The maximum atomic E-state index is 12.9. The molecule has 0 unspecified atom stereocenters. The number of carbonyl (C=O) groups excluding carboxylic acids is 3. The zero-order chi connectivity index (χ0) is 19.0. The van der Waals surface area contributed by atoms with Crippen LogP contribution in [-0.4, -0.2) is 29.2 Å². The summed E-state index contributed by atoms with van der Waals surface area (Å²) in [6.07, 6.45) is 5.38. The van der Waals surface area contributed by atoms with Gasteiger partial charge in [-0.15, -0.1) is 0 Å². The van der Waals surface area contributed by atoms with Crippen molar-refractivity contribution >= 4 is 28.6 Å². The minimum atomic E-state index is -0.582. The number of rotatable bonds is 3. The normalized spacial score (nSPS) is 34.5. The zero-order valence-electron chi connectivity index (χ0n) is 15.2. The Labute approximate surface area is 162 Å². The van der Waals surface area contributed by atoms with E-state index < -0.39 is 5.97 Å². The molecule has 0 spiro atoms. The van der Waals surface area contributed by atoms with E-state index in [4.69, 9.17) is 4.74 Å². The number of carbonyl (C=O) groups is 3. The van der Waals surface area contributed by atoms with Crippen LogP contribution in [0.2, 0.25) is 0 Å². The van der Waals surface area contributed by atoms with Crippen molar-refractivity contribution in [2.75, 3.05) is 6.54 Å². The molecule has 2 bridgehead atoms. The third-order valence-corrected chi connectivity index (χ3v) is 6.99. The molecular weight excluding hydrogens is 354 g/mol. The molecule has 28 heavy (non-hydrogen) atoms. The van der Waals surface area contributed by atoms with Gasteiger partial charge in [-0.3, -0.25) is 14.5 Å². The predicted octanol–water partition coefficient (Wildman–Crippen LogP) is 2.80. The molecule has 0 aromatic heterocycles. The molecule has 140 valence electrons. The standard InChI is InChI=1S/C23H19NO4/c25-19(28-14-6-5-12-3-1-2-4-13(12)9-14)11-24-22(26)20-15-7-8-16(18-10-17(15)18)21(20)23(24)27/h1-9,15-18,20-21H,10-11H2/t15-,16-,17-,18-,20-,21+/m0/s1. The van der Waals surface area contributed by atoms with Crippen molar-refractivity contribution in [2.24, 2.45) is 35.5 Å². The van der Waals surface area contributed by atoms with Gasteiger partial charge in [0.1, 0.15) is 12.3 Å². The summed E-state index contributed by atoms with van der Waals surface area (Å²) in [5.74, 6) is 0.319. The number of ether oxygens (including phenoxy) is 1. The fraction of sp³-hybridized carbons (Fsp3) is 0.348. The highest BCUT2D eigenvalue weighted by molar-refractivity contribution is 6.08. The van der Waals surface area contributed by atoms with Crippen molar-refractivity contribution in [3.05, 3.63) is 54.6 Å². The van der Waals surface area contributed by atoms with E-state index in [1.54, 1.807) is 12.1 Å². The largest absolute Gasteiger partial charge is 0.425 e. The average molecular weight is 373 g/mol. The lowest BCUT2D eigenvalue weighted by molar-refractivity contribution is -0.148. The molecule has 0 radical (unpaired) electrons. The molecular formula is C23H19NO4. The minimum Gasteiger partial charge on any atom is -0.425 e. The first kappa shape index (κ1) is 16.0. The molecule has 2 aromatic carbocycles. The van der Waals surface area contributed by atoms with Gasteiger partial charge in [0.05, 0.1) is 11.8 Å². The van der Waals surface area contributed by atoms with E-state index in [1.807, 2.05) is 30.3 Å². The number of imide groups is 1. The van der Waals surface area contributed by atoms with E-state index in [0.29, 0.717) is 17.6 Å². The van der Waals surface area contributed by atoms with Crippen LogP contribution < -0.4 is 4.74 Å². The summed E-state index contributed by atoms with van der Waals surface area (Å²) in [5, 5.41) is 2.02. The van der Waals surface area contributed by atoms with Crippen molar-refractivity contribution in [2.45, 2.75) is 6.42 Å². The second-order valence-corrected chi connectivity index (χ2v) is 8.40. The molecule has 5 heteroatoms. The van der Waals surface area contributed by atoms with Gasteiger partial charge in [0.2, 0.25) is 11.8 Å². The van der Waals surface area contributed by atoms with Crippen molar-refractivity contribution in [3.8, 4) is 5.75 Å². The molecule has 1 heterocycles. The molecule has 5 aliphatic rings. The van der Waals surface area contributed by atoms with Gasteiger partial charge >= 0.3 is 5.97 Å². The van der Waals surface area contributed by atoms with Crippen molar-refractivity contribution in [3.63, 3.8) is 0 Å². The second-order valence-electron chi connectivity index (χ2n) is 8.40. The molecule has 7 rings (SSSR count). The molecule has 1 saturated heterocycles. The Hall–Kier alpha value is -2.95. The van der Waals surface area contributed by atoms with E-state index >= 15 is 0 Å². The Bertz CT molecular complexity index is 1040. The van der Waals surface area contributed by atoms with Crippen LogP contribution in [0.3, 0.4) is 0 Å². The summed E-state index contributed by atoms with van der Waals surface area (Å²) >= 11 is 0. The number of hydrogen-bond donors (Lipinski definition) is 0. The van der Waals surface area contributed by atoms with E-state index in [9.17, 15) is 14.4 Å². The highest BCUT2D eigenvalue weighted by Gasteiger charge is 2.67. The molecule has 0 N–H and O–H groups in total. The molecule has 2 aromatic rings. The lowest BCUT2D eigenvalue weighted by Gasteiger charge is -2.37. The summed E-state index contributed by atoms with van der Waals surface area (Å²) in [6.45, 7) is -0.313. The quantitative estimate of drug-likeness (QED) is 0.359. The van der Waals surface area contributed by atoms with Crippen molar-refractivity contribution in [1.29, 1.82) is 0 Å². The Morgan fingerprint density at radius 1 is 0.929 bits per heavy atom. The maximum Gasteiger partial charge on any atom is 0.331 e. The van der Waals surface area contributed by atoms with Crippen LogP contribution in [0.5, 0.6) is 5.75 Å². The number of esters is 1. The van der Waals surface area contributed by atoms with Crippen LogP contribution in [0.4, 0.5) is 0 Å². The fourth-order valence-electron chi connectivity index (χ4n) is 5.70. The van der Waals surface area contributed by atoms with Gasteiger partial charge in [0.25, 0.3) is 0 Å². The van der Waals surface area contributed by atoms with Crippen LogP contribution in [0.1, 0.15) is 6.42 Å². The van der Waals surface area contributed by atoms with Crippen LogP contribution in [0, 0.1) is 35.5 Å². The van der Waals surface area contributed by atoms with Crippen LogP contribution in [-0.2, 0) is 14.4 Å². The van der Waals surface area contributed by atoms with Crippen molar-refractivity contribution in [1.82, 2.24) is 4.90 Å². The Morgan fingerprint density at radius 2 is 1.57 bits per heavy atom. The summed E-state index contributed by atoms with van der Waals surface area (Å²) in [6, 6.07) is 13.2. The number of hydrogen-bond acceptors (Lipinski definition) is 4. The number of benzene rings is 2. The first-order valence-electron chi connectivity index (χ1n) is 9.85. The first-order chi connectivity index (χ1) is 13.6. The predicted molar refractivity (Wildman–Crippen MR) is 101 cm³/mol. The van der Waals surface area contributed by atoms with Gasteiger partial charge < -0.3 is 4.74 Å². The van der Waals surface area contributed by atoms with Gasteiger partial charge in [0, 0.05) is 0 Å². The lowest BCUT2D eigenvalue weighted by Crippen LogP contribution is -2.40. The molecule has 2 amide bonds. The van der Waals surface area contributed by atoms with E-state index in [-0.39, 0.29) is 42.0 Å². The van der Waals surface area contributed by atoms with Gasteiger partial charge in [-0.25, -0.2) is 4.79 Å². The Balaban J connectivity index is 1.20. The van der Waals surface area contributed by atoms with Gasteiger partial charge in [0.15, 0.2) is 0 Å². The highest BCUT2D eigenvalue weighted by atomic mass is 16.5. The number of fused-ring (bicyclic) bond motifs is 1. The average Bonchev–Trinajstić information content (AvgIpc) is 3.49. The molecule has 3 fully saturated rings. The SMILES string of the molecule is O=C(CN1C(=O)[C@@H]2[C@H]3C=C[C@@H]([C@@H]4C[C@@H]34)[C@@H]2C1=O)Oc1ccc2ccccc2c1. The number of nitrogens with zero attached hydrogens (tertiary/aromatic N) is 1. The third kappa shape index (κ3) is 2.16. The topological polar surface area (TPSA) is 63.7 Å². The summed E-state index contributed by atoms with van der Waals surface area (Å²) in [5.41, 5.74) is 0. The lowest BCUT2D eigenvalue weighted by atomic mass is 9.63. The summed E-state index contributed by atoms with van der Waals surface area (Å²) in [4.78, 5) is 39.5. The zero-order valence-corrected chi connectivity index (χ0v) is 15.2. The molecule has 6 atom stereocenters. The Morgan fingerprint density at radius 3 is 2.25 bits per heavy atom. The minimum absolute atomic E-state index is 0.165. The van der Waals surface area contributed by atoms with Crippen LogP contribution >= 0.6 is 0 Å². The summed E-state index contributed by atoms with van der Waals surface area (Å²) < 4.78 is 5.43. The van der Waals surface area contributed by atoms with E-state index in [1.165, 1.54) is 0 Å². The van der Waals surface area contributed by atoms with E-state index in [2.05, 4.69) is 12.2 Å². The van der Waals surface area contributed by atoms with Crippen LogP contribution in [0.15, 0.2) is 54.6 Å². The molecule has 4 aliphatic carbocycles. The highest BCUT2D eigenvalue weighted by Crippen LogP contribution is 2.65. The fourth-order valence-corrected chi connectivity index (χ4v) is 5.70. The molecule has 1 aliphatic heterocycles. The van der Waals surface area contributed by atoms with Gasteiger partial charge in [-0.05, 0) is 53.0 Å². The smallest absolute Gasteiger partial charge is 0.331 e. The van der Waals surface area contributed by atoms with Crippen LogP contribution in [0.25, 0.3) is 10.8 Å². The second kappa shape index (κ2) is 5.53.